The van der Waals surface area contributed by atoms with Gasteiger partial charge in [-0.15, -0.1) is 0 Å². The molecule has 5 heteroatoms. The van der Waals surface area contributed by atoms with Crippen molar-refractivity contribution in [3.8, 4) is 0 Å². The largest absolute Gasteiger partial charge is 0.396 e. The van der Waals surface area contributed by atoms with Gasteiger partial charge in [0.25, 0.3) is 5.91 Å². The lowest BCUT2D eigenvalue weighted by atomic mass is 10.1. The summed E-state index contributed by atoms with van der Waals surface area (Å²) in [6.07, 6.45) is 3.36. The van der Waals surface area contributed by atoms with Gasteiger partial charge in [0.05, 0.1) is 11.9 Å². The fourth-order valence-corrected chi connectivity index (χ4v) is 2.11. The van der Waals surface area contributed by atoms with Gasteiger partial charge < -0.3 is 11.1 Å². The molecule has 0 radical (unpaired) electrons. The van der Waals surface area contributed by atoms with Crippen molar-refractivity contribution >= 4 is 11.6 Å². The number of hydrogen-bond acceptors (Lipinski definition) is 3. The first kappa shape index (κ1) is 14.1. The number of aryl methyl sites for hydroxylation is 2. The summed E-state index contributed by atoms with van der Waals surface area (Å²) < 4.78 is 1.61. The average molecular weight is 272 g/mol. The highest BCUT2D eigenvalue weighted by Gasteiger charge is 2.15. The van der Waals surface area contributed by atoms with Crippen LogP contribution in [0.5, 0.6) is 0 Å². The summed E-state index contributed by atoms with van der Waals surface area (Å²) in [6.45, 7) is 3.19. The van der Waals surface area contributed by atoms with E-state index in [1.807, 2.05) is 25.1 Å². The zero-order valence-corrected chi connectivity index (χ0v) is 11.7. The van der Waals surface area contributed by atoms with E-state index in [0.29, 0.717) is 24.5 Å². The van der Waals surface area contributed by atoms with E-state index in [0.717, 1.165) is 12.8 Å². The molecule has 0 aliphatic rings. The summed E-state index contributed by atoms with van der Waals surface area (Å²) in [4.78, 5) is 12.1. The predicted molar refractivity (Wildman–Crippen MR) is 79.4 cm³/mol. The van der Waals surface area contributed by atoms with Gasteiger partial charge in [0.1, 0.15) is 5.69 Å². The van der Waals surface area contributed by atoms with Gasteiger partial charge in [0.2, 0.25) is 0 Å². The maximum atomic E-state index is 12.1. The zero-order chi connectivity index (χ0) is 14.4. The monoisotopic (exact) mass is 272 g/mol. The van der Waals surface area contributed by atoms with Gasteiger partial charge in [-0.25, -0.2) is 0 Å². The van der Waals surface area contributed by atoms with Crippen molar-refractivity contribution in [3.63, 3.8) is 0 Å². The molecular weight excluding hydrogens is 252 g/mol. The van der Waals surface area contributed by atoms with Crippen LogP contribution in [-0.4, -0.2) is 22.2 Å². The molecule has 106 valence electrons. The Morgan fingerprint density at radius 2 is 2.10 bits per heavy atom. The molecule has 0 bridgehead atoms. The predicted octanol–water partition coefficient (Wildman–Crippen LogP) is 1.85. The first-order valence-electron chi connectivity index (χ1n) is 6.85. The molecule has 0 saturated carbocycles. The lowest BCUT2D eigenvalue weighted by Crippen LogP contribution is -2.28. The van der Waals surface area contributed by atoms with Crippen LogP contribution in [-0.2, 0) is 13.0 Å². The van der Waals surface area contributed by atoms with E-state index < -0.39 is 0 Å². The lowest BCUT2D eigenvalue weighted by Gasteiger charge is -2.07. The van der Waals surface area contributed by atoms with Crippen molar-refractivity contribution in [1.82, 2.24) is 15.1 Å². The summed E-state index contributed by atoms with van der Waals surface area (Å²) in [6, 6.07) is 10.2. The molecule has 0 spiro atoms. The Kier molecular flexibility index (Phi) is 4.76. The molecule has 3 N–H and O–H groups in total. The van der Waals surface area contributed by atoms with Crippen LogP contribution in [0.4, 0.5) is 5.69 Å². The van der Waals surface area contributed by atoms with Crippen molar-refractivity contribution in [2.75, 3.05) is 12.3 Å². The lowest BCUT2D eigenvalue weighted by molar-refractivity contribution is 0.0943. The number of benzene rings is 1. The minimum Gasteiger partial charge on any atom is -0.396 e. The van der Waals surface area contributed by atoms with E-state index in [4.69, 9.17) is 5.73 Å². The number of rotatable bonds is 6. The molecule has 0 aliphatic carbocycles. The molecule has 2 aromatic rings. The normalized spacial score (nSPS) is 10.4. The van der Waals surface area contributed by atoms with E-state index in [2.05, 4.69) is 22.5 Å². The van der Waals surface area contributed by atoms with Crippen LogP contribution in [0.2, 0.25) is 0 Å². The molecule has 1 amide bonds. The van der Waals surface area contributed by atoms with Gasteiger partial charge in [-0.2, -0.15) is 5.10 Å². The fourth-order valence-electron chi connectivity index (χ4n) is 2.11. The standard InChI is InChI=1S/C15H20N4O/c1-2-19-14(13(16)11-18-19)15(20)17-10-6-9-12-7-4-3-5-8-12/h3-5,7-8,11H,2,6,9-10,16H2,1H3,(H,17,20). The van der Waals surface area contributed by atoms with E-state index in [1.165, 1.54) is 11.8 Å². The highest BCUT2D eigenvalue weighted by atomic mass is 16.2. The Hall–Kier alpha value is -2.30. The van der Waals surface area contributed by atoms with Gasteiger partial charge in [-0.05, 0) is 25.3 Å². The second-order valence-corrected chi connectivity index (χ2v) is 4.61. The Morgan fingerprint density at radius 3 is 2.80 bits per heavy atom. The fraction of sp³-hybridized carbons (Fsp3) is 0.333. The van der Waals surface area contributed by atoms with Crippen LogP contribution in [0, 0.1) is 0 Å². The number of anilines is 1. The van der Waals surface area contributed by atoms with Crippen LogP contribution in [0.1, 0.15) is 29.4 Å². The van der Waals surface area contributed by atoms with Crippen LogP contribution in [0.25, 0.3) is 0 Å². The smallest absolute Gasteiger partial charge is 0.271 e. The van der Waals surface area contributed by atoms with Gasteiger partial charge in [-0.1, -0.05) is 30.3 Å². The van der Waals surface area contributed by atoms with E-state index in [-0.39, 0.29) is 5.91 Å². The van der Waals surface area contributed by atoms with Crippen molar-refractivity contribution in [2.45, 2.75) is 26.3 Å². The molecule has 0 fully saturated rings. The summed E-state index contributed by atoms with van der Waals surface area (Å²) in [5.41, 5.74) is 7.92. The van der Waals surface area contributed by atoms with Gasteiger partial charge in [0, 0.05) is 13.1 Å². The van der Waals surface area contributed by atoms with E-state index in [1.54, 1.807) is 4.68 Å². The average Bonchev–Trinajstić information content (AvgIpc) is 2.85. The maximum Gasteiger partial charge on any atom is 0.271 e. The topological polar surface area (TPSA) is 72.9 Å². The number of nitrogens with zero attached hydrogens (tertiary/aromatic N) is 2. The minimum atomic E-state index is -0.157. The summed E-state index contributed by atoms with van der Waals surface area (Å²) >= 11 is 0. The van der Waals surface area contributed by atoms with Crippen molar-refractivity contribution in [3.05, 3.63) is 47.8 Å². The maximum absolute atomic E-state index is 12.1. The number of nitrogen functional groups attached to an aromatic ring is 1. The zero-order valence-electron chi connectivity index (χ0n) is 11.7. The first-order chi connectivity index (χ1) is 9.72. The summed E-state index contributed by atoms with van der Waals surface area (Å²) in [5, 5.41) is 6.95. The molecule has 1 heterocycles. The van der Waals surface area contributed by atoms with E-state index in [9.17, 15) is 4.79 Å². The Bertz CT molecular complexity index is 563. The molecular formula is C15H20N4O. The summed E-state index contributed by atoms with van der Waals surface area (Å²) in [5.74, 6) is -0.157. The van der Waals surface area contributed by atoms with Crippen molar-refractivity contribution < 1.29 is 4.79 Å². The second kappa shape index (κ2) is 6.75. The third-order valence-corrected chi connectivity index (χ3v) is 3.15. The van der Waals surface area contributed by atoms with Gasteiger partial charge in [-0.3, -0.25) is 9.48 Å². The van der Waals surface area contributed by atoms with E-state index >= 15 is 0 Å². The van der Waals surface area contributed by atoms with Gasteiger partial charge >= 0.3 is 0 Å². The summed E-state index contributed by atoms with van der Waals surface area (Å²) in [7, 11) is 0. The molecule has 1 aromatic heterocycles. The number of aromatic nitrogens is 2. The molecule has 0 unspecified atom stereocenters. The molecule has 0 aliphatic heterocycles. The Labute approximate surface area is 118 Å². The molecule has 1 aromatic carbocycles. The number of hydrogen-bond donors (Lipinski definition) is 2. The number of nitrogens with one attached hydrogen (secondary N) is 1. The number of amides is 1. The van der Waals surface area contributed by atoms with Crippen LogP contribution in [0.15, 0.2) is 36.5 Å². The number of nitrogens with two attached hydrogens (primary N) is 1. The molecule has 0 atom stereocenters. The Balaban J connectivity index is 1.82. The third kappa shape index (κ3) is 3.38. The second-order valence-electron chi connectivity index (χ2n) is 4.61. The molecule has 2 rings (SSSR count). The minimum absolute atomic E-state index is 0.157. The number of carbonyl (C=O) groups is 1. The van der Waals surface area contributed by atoms with Crippen molar-refractivity contribution in [2.24, 2.45) is 0 Å². The van der Waals surface area contributed by atoms with Crippen molar-refractivity contribution in [1.29, 1.82) is 0 Å². The highest BCUT2D eigenvalue weighted by molar-refractivity contribution is 5.97. The quantitative estimate of drug-likeness (QED) is 0.788. The highest BCUT2D eigenvalue weighted by Crippen LogP contribution is 2.10. The third-order valence-electron chi connectivity index (χ3n) is 3.15. The molecule has 0 saturated heterocycles. The first-order valence-corrected chi connectivity index (χ1v) is 6.85. The molecule has 5 nitrogen and oxygen atoms in total. The Morgan fingerprint density at radius 1 is 1.35 bits per heavy atom. The number of carbonyl (C=O) groups excluding carboxylic acids is 1. The van der Waals surface area contributed by atoms with Gasteiger partial charge in [0.15, 0.2) is 0 Å². The SMILES string of the molecule is CCn1ncc(N)c1C(=O)NCCCc1ccccc1. The van der Waals surface area contributed by atoms with Crippen LogP contribution >= 0.6 is 0 Å². The molecule has 20 heavy (non-hydrogen) atoms. The van der Waals surface area contributed by atoms with Crippen LogP contribution in [0.3, 0.4) is 0 Å². The van der Waals surface area contributed by atoms with Crippen LogP contribution < -0.4 is 11.1 Å².